The van der Waals surface area contributed by atoms with Crippen molar-refractivity contribution in [3.05, 3.63) is 16.8 Å². The monoisotopic (exact) mass is 372 g/mol. The van der Waals surface area contributed by atoms with E-state index in [9.17, 15) is 18.0 Å². The molecule has 1 amide bonds. The van der Waals surface area contributed by atoms with Gasteiger partial charge in [0.05, 0.1) is 5.39 Å². The van der Waals surface area contributed by atoms with E-state index in [1.54, 1.807) is 11.3 Å². The van der Waals surface area contributed by atoms with E-state index in [4.69, 9.17) is 0 Å². The van der Waals surface area contributed by atoms with Gasteiger partial charge in [0.15, 0.2) is 0 Å². The number of aromatic nitrogens is 2. The van der Waals surface area contributed by atoms with Gasteiger partial charge in [0, 0.05) is 23.9 Å². The number of fused-ring (bicyclic) bond motifs is 1. The Hall–Kier alpha value is -1.90. The molecule has 0 bridgehead atoms. The SMILES string of the molecule is Cc1sc2ncnc(N3CCC(C(=O)NCC(F)(F)F)CC3)c2c1C. The molecule has 2 aromatic heterocycles. The molecule has 1 N–H and O–H groups in total. The molecule has 0 radical (unpaired) electrons. The number of nitrogens with one attached hydrogen (secondary N) is 1. The molecule has 136 valence electrons. The highest BCUT2D eigenvalue weighted by Crippen LogP contribution is 2.35. The molecule has 3 rings (SSSR count). The van der Waals surface area contributed by atoms with Gasteiger partial charge in [-0.05, 0) is 32.3 Å². The van der Waals surface area contributed by atoms with Crippen molar-refractivity contribution in [2.75, 3.05) is 24.5 Å². The maximum absolute atomic E-state index is 12.2. The van der Waals surface area contributed by atoms with E-state index < -0.39 is 18.6 Å². The Morgan fingerprint density at radius 1 is 1.32 bits per heavy atom. The number of alkyl halides is 3. The van der Waals surface area contributed by atoms with Crippen molar-refractivity contribution >= 4 is 33.3 Å². The molecule has 0 saturated carbocycles. The van der Waals surface area contributed by atoms with Crippen LogP contribution in [0.4, 0.5) is 19.0 Å². The van der Waals surface area contributed by atoms with Gasteiger partial charge in [0.2, 0.25) is 5.91 Å². The van der Waals surface area contributed by atoms with Gasteiger partial charge in [-0.1, -0.05) is 0 Å². The lowest BCUT2D eigenvalue weighted by molar-refractivity contribution is -0.141. The Morgan fingerprint density at radius 2 is 2.00 bits per heavy atom. The number of amides is 1. The minimum Gasteiger partial charge on any atom is -0.356 e. The van der Waals surface area contributed by atoms with Crippen molar-refractivity contribution in [2.24, 2.45) is 5.92 Å². The third-order valence-electron chi connectivity index (χ3n) is 4.57. The van der Waals surface area contributed by atoms with Gasteiger partial charge >= 0.3 is 6.18 Å². The molecule has 0 aromatic carbocycles. The standard InChI is InChI=1S/C16H19F3N4OS/c1-9-10(2)25-15-12(9)13(21-8-22-15)23-5-3-11(4-6-23)14(24)20-7-16(17,18)19/h8,11H,3-7H2,1-2H3,(H,20,24). The number of aryl methyl sites for hydroxylation is 2. The predicted molar refractivity (Wildman–Crippen MR) is 90.9 cm³/mol. The summed E-state index contributed by atoms with van der Waals surface area (Å²) in [5.41, 5.74) is 1.15. The summed E-state index contributed by atoms with van der Waals surface area (Å²) >= 11 is 1.62. The lowest BCUT2D eigenvalue weighted by Gasteiger charge is -2.32. The molecule has 1 aliphatic rings. The third kappa shape index (κ3) is 3.86. The van der Waals surface area contributed by atoms with Crippen LogP contribution in [-0.2, 0) is 4.79 Å². The normalized spacial score (nSPS) is 16.4. The maximum Gasteiger partial charge on any atom is 0.405 e. The molecule has 0 atom stereocenters. The van der Waals surface area contributed by atoms with Crippen molar-refractivity contribution in [1.29, 1.82) is 0 Å². The molecule has 2 aromatic rings. The highest BCUT2D eigenvalue weighted by atomic mass is 32.1. The number of rotatable bonds is 3. The number of halogens is 3. The van der Waals surface area contributed by atoms with Crippen molar-refractivity contribution in [2.45, 2.75) is 32.9 Å². The summed E-state index contributed by atoms with van der Waals surface area (Å²) in [5, 5.41) is 3.01. The fourth-order valence-electron chi connectivity index (χ4n) is 3.09. The van der Waals surface area contributed by atoms with Crippen LogP contribution in [0.3, 0.4) is 0 Å². The Labute approximate surface area is 147 Å². The average Bonchev–Trinajstić information content (AvgIpc) is 2.87. The zero-order valence-electron chi connectivity index (χ0n) is 14.0. The molecule has 0 aliphatic carbocycles. The van der Waals surface area contributed by atoms with Crippen LogP contribution in [0.15, 0.2) is 6.33 Å². The van der Waals surface area contributed by atoms with Crippen LogP contribution in [0.1, 0.15) is 23.3 Å². The minimum absolute atomic E-state index is 0.388. The van der Waals surface area contributed by atoms with Crippen LogP contribution in [0.25, 0.3) is 10.2 Å². The number of nitrogens with zero attached hydrogens (tertiary/aromatic N) is 3. The van der Waals surface area contributed by atoms with E-state index in [0.29, 0.717) is 25.9 Å². The average molecular weight is 372 g/mol. The third-order valence-corrected chi connectivity index (χ3v) is 5.69. The van der Waals surface area contributed by atoms with Crippen molar-refractivity contribution in [3.63, 3.8) is 0 Å². The highest BCUT2D eigenvalue weighted by molar-refractivity contribution is 7.18. The maximum atomic E-state index is 12.2. The first kappa shape index (κ1) is 17.9. The van der Waals surface area contributed by atoms with E-state index in [2.05, 4.69) is 14.9 Å². The van der Waals surface area contributed by atoms with Gasteiger partial charge in [-0.3, -0.25) is 4.79 Å². The molecule has 5 nitrogen and oxygen atoms in total. The van der Waals surface area contributed by atoms with E-state index >= 15 is 0 Å². The number of thiophene rings is 1. The first-order chi connectivity index (χ1) is 11.8. The number of carbonyl (C=O) groups excluding carboxylic acids is 1. The Kier molecular flexibility index (Phi) is 4.86. The number of anilines is 1. The van der Waals surface area contributed by atoms with Gasteiger partial charge < -0.3 is 10.2 Å². The first-order valence-corrected chi connectivity index (χ1v) is 8.88. The second-order valence-electron chi connectivity index (χ2n) is 6.25. The Balaban J connectivity index is 1.68. The molecule has 0 spiro atoms. The fourth-order valence-corrected chi connectivity index (χ4v) is 4.08. The first-order valence-electron chi connectivity index (χ1n) is 8.06. The van der Waals surface area contributed by atoms with Crippen LogP contribution >= 0.6 is 11.3 Å². The number of carbonyl (C=O) groups is 1. The van der Waals surface area contributed by atoms with E-state index in [1.807, 2.05) is 19.2 Å². The summed E-state index contributed by atoms with van der Waals surface area (Å²) in [4.78, 5) is 24.9. The largest absolute Gasteiger partial charge is 0.405 e. The molecule has 25 heavy (non-hydrogen) atoms. The Morgan fingerprint density at radius 3 is 2.64 bits per heavy atom. The van der Waals surface area contributed by atoms with Crippen molar-refractivity contribution in [3.8, 4) is 0 Å². The molecule has 9 heteroatoms. The molecular weight excluding hydrogens is 353 g/mol. The summed E-state index contributed by atoms with van der Waals surface area (Å²) in [6.45, 7) is 3.99. The van der Waals surface area contributed by atoms with E-state index in [1.165, 1.54) is 11.2 Å². The fraction of sp³-hybridized carbons (Fsp3) is 0.562. The zero-order chi connectivity index (χ0) is 18.2. The second-order valence-corrected chi connectivity index (χ2v) is 7.46. The molecule has 1 saturated heterocycles. The minimum atomic E-state index is -4.38. The van der Waals surface area contributed by atoms with Crippen LogP contribution in [0.2, 0.25) is 0 Å². The van der Waals surface area contributed by atoms with Crippen LogP contribution < -0.4 is 10.2 Å². The predicted octanol–water partition coefficient (Wildman–Crippen LogP) is 3.20. The summed E-state index contributed by atoms with van der Waals surface area (Å²) in [6, 6.07) is 0. The van der Waals surface area contributed by atoms with Crippen molar-refractivity contribution < 1.29 is 18.0 Å². The summed E-state index contributed by atoms with van der Waals surface area (Å²) < 4.78 is 36.7. The molecule has 1 aliphatic heterocycles. The topological polar surface area (TPSA) is 58.1 Å². The van der Waals surface area contributed by atoms with Gasteiger partial charge in [-0.15, -0.1) is 11.3 Å². The summed E-state index contributed by atoms with van der Waals surface area (Å²) in [6.07, 6.45) is -1.82. The molecule has 1 fully saturated rings. The smallest absolute Gasteiger partial charge is 0.356 e. The number of hydrogen-bond donors (Lipinski definition) is 1. The quantitative estimate of drug-likeness (QED) is 0.899. The summed E-state index contributed by atoms with van der Waals surface area (Å²) in [7, 11) is 0. The summed E-state index contributed by atoms with van der Waals surface area (Å²) in [5.74, 6) is -0.0606. The Bertz CT molecular complexity index is 782. The van der Waals surface area contributed by atoms with E-state index in [-0.39, 0.29) is 5.92 Å². The highest BCUT2D eigenvalue weighted by Gasteiger charge is 2.31. The van der Waals surface area contributed by atoms with Crippen LogP contribution in [-0.4, -0.2) is 41.7 Å². The van der Waals surface area contributed by atoms with E-state index in [0.717, 1.165) is 21.6 Å². The lowest BCUT2D eigenvalue weighted by Crippen LogP contribution is -2.43. The zero-order valence-corrected chi connectivity index (χ0v) is 14.8. The number of piperidine rings is 1. The molecular formula is C16H19F3N4OS. The van der Waals surface area contributed by atoms with Gasteiger partial charge in [0.25, 0.3) is 0 Å². The van der Waals surface area contributed by atoms with Gasteiger partial charge in [-0.2, -0.15) is 13.2 Å². The van der Waals surface area contributed by atoms with Crippen molar-refractivity contribution in [1.82, 2.24) is 15.3 Å². The number of hydrogen-bond acceptors (Lipinski definition) is 5. The molecule has 3 heterocycles. The van der Waals surface area contributed by atoms with Crippen LogP contribution in [0.5, 0.6) is 0 Å². The van der Waals surface area contributed by atoms with Gasteiger partial charge in [-0.25, -0.2) is 9.97 Å². The molecule has 0 unspecified atom stereocenters. The van der Waals surface area contributed by atoms with Crippen LogP contribution in [0, 0.1) is 19.8 Å². The lowest BCUT2D eigenvalue weighted by atomic mass is 9.95. The van der Waals surface area contributed by atoms with Gasteiger partial charge in [0.1, 0.15) is 23.5 Å². The second kappa shape index (κ2) is 6.78.